The van der Waals surface area contributed by atoms with E-state index < -0.39 is 0 Å². The summed E-state index contributed by atoms with van der Waals surface area (Å²) in [5.74, 6) is 2.55. The number of hydrogen-bond acceptors (Lipinski definition) is 6. The number of amides is 2. The lowest BCUT2D eigenvalue weighted by Gasteiger charge is -2.38. The van der Waals surface area contributed by atoms with Gasteiger partial charge in [-0.05, 0) is 112 Å². The molecule has 9 nitrogen and oxygen atoms in total. The van der Waals surface area contributed by atoms with Crippen molar-refractivity contribution in [1.29, 1.82) is 0 Å². The van der Waals surface area contributed by atoms with Gasteiger partial charge in [-0.2, -0.15) is 4.98 Å². The maximum Gasteiger partial charge on any atom is 0.282 e. The van der Waals surface area contributed by atoms with Crippen LogP contribution in [0, 0.1) is 0 Å². The lowest BCUT2D eigenvalue weighted by Crippen LogP contribution is -2.46. The van der Waals surface area contributed by atoms with Crippen LogP contribution in [0.25, 0.3) is 16.6 Å². The molecule has 4 aromatic rings. The summed E-state index contributed by atoms with van der Waals surface area (Å²) in [4.78, 5) is 48.2. The SMILES string of the molecule is O=C1NCc2c1ccc1c2OCC12CCN(C(=O)CCCCN1CCC(c3ccc4c(c3)-n3c(nc(=O)c5c(Cl)cccc53)C43CCCCC3)CC1)CC2. The maximum atomic E-state index is 13.3. The number of unbranched alkanes of at least 4 members (excludes halogenated alkanes) is 1. The van der Waals surface area contributed by atoms with Gasteiger partial charge in [0.1, 0.15) is 11.6 Å². The molecule has 2 saturated heterocycles. The number of ether oxygens (including phenoxy) is 1. The molecule has 3 fully saturated rings. The van der Waals surface area contributed by atoms with Crippen LogP contribution in [-0.2, 0) is 22.2 Å². The normalized spacial score (nSPS) is 21.2. The van der Waals surface area contributed by atoms with Crippen LogP contribution in [0.2, 0.25) is 5.02 Å². The Balaban J connectivity index is 0.744. The summed E-state index contributed by atoms with van der Waals surface area (Å²) >= 11 is 6.59. The fourth-order valence-electron chi connectivity index (χ4n) is 11.0. The second-order valence-electron chi connectivity index (χ2n) is 16.8. The Morgan fingerprint density at radius 1 is 0.926 bits per heavy atom. The Labute approximate surface area is 321 Å². The van der Waals surface area contributed by atoms with Crippen molar-refractivity contribution in [2.75, 3.05) is 39.3 Å². The molecular weight excluding hydrogens is 698 g/mol. The van der Waals surface area contributed by atoms with E-state index in [-0.39, 0.29) is 28.2 Å². The molecule has 10 heteroatoms. The van der Waals surface area contributed by atoms with Gasteiger partial charge in [0, 0.05) is 48.2 Å². The molecule has 0 atom stereocenters. The van der Waals surface area contributed by atoms with Gasteiger partial charge in [0.05, 0.1) is 33.6 Å². The highest BCUT2D eigenvalue weighted by Crippen LogP contribution is 2.52. The number of likely N-dealkylation sites (tertiary alicyclic amines) is 2. The second kappa shape index (κ2) is 13.2. The first-order chi connectivity index (χ1) is 26.3. The summed E-state index contributed by atoms with van der Waals surface area (Å²) in [5.41, 5.74) is 7.21. The molecule has 0 unspecified atom stereocenters. The summed E-state index contributed by atoms with van der Waals surface area (Å²) in [5, 5.41) is 3.90. The minimum Gasteiger partial charge on any atom is -0.492 e. The predicted molar refractivity (Wildman–Crippen MR) is 209 cm³/mol. The van der Waals surface area contributed by atoms with E-state index in [2.05, 4.69) is 43.9 Å². The Kier molecular flexibility index (Phi) is 8.40. The zero-order valence-electron chi connectivity index (χ0n) is 30.9. The molecule has 0 radical (unpaired) electrons. The van der Waals surface area contributed by atoms with Gasteiger partial charge in [0.25, 0.3) is 11.5 Å². The summed E-state index contributed by atoms with van der Waals surface area (Å²) < 4.78 is 8.47. The van der Waals surface area contributed by atoms with E-state index in [1.165, 1.54) is 28.8 Å². The lowest BCUT2D eigenvalue weighted by molar-refractivity contribution is -0.133. The Hall–Kier alpha value is -4.21. The number of fused-ring (bicyclic) bond motifs is 11. The zero-order chi connectivity index (χ0) is 36.6. The van der Waals surface area contributed by atoms with Gasteiger partial charge in [-0.25, -0.2) is 0 Å². The number of rotatable bonds is 6. The minimum atomic E-state index is -0.219. The average Bonchev–Trinajstić information content (AvgIpc) is 3.84. The van der Waals surface area contributed by atoms with Gasteiger partial charge in [0.2, 0.25) is 5.91 Å². The van der Waals surface area contributed by atoms with E-state index in [0.29, 0.717) is 35.9 Å². The molecule has 1 saturated carbocycles. The molecule has 280 valence electrons. The molecule has 54 heavy (non-hydrogen) atoms. The maximum absolute atomic E-state index is 13.3. The van der Waals surface area contributed by atoms with Crippen LogP contribution in [-0.4, -0.2) is 70.5 Å². The quantitative estimate of drug-likeness (QED) is 0.211. The number of halogens is 1. The van der Waals surface area contributed by atoms with Crippen LogP contribution >= 0.6 is 11.6 Å². The van der Waals surface area contributed by atoms with Gasteiger partial charge in [0.15, 0.2) is 0 Å². The topological polar surface area (TPSA) is 96.8 Å². The summed E-state index contributed by atoms with van der Waals surface area (Å²) in [6, 6.07) is 16.9. The van der Waals surface area contributed by atoms with Gasteiger partial charge < -0.3 is 19.9 Å². The molecule has 1 aliphatic carbocycles. The van der Waals surface area contributed by atoms with Gasteiger partial charge >= 0.3 is 0 Å². The number of carbonyl (C=O) groups excluding carboxylic acids is 2. The van der Waals surface area contributed by atoms with Crippen molar-refractivity contribution in [2.45, 2.75) is 100 Å². The van der Waals surface area contributed by atoms with E-state index in [1.54, 1.807) is 6.07 Å². The fraction of sp³-hybridized carbons (Fsp3) is 0.500. The molecule has 3 aromatic carbocycles. The molecule has 0 bridgehead atoms. The Morgan fingerprint density at radius 3 is 2.54 bits per heavy atom. The zero-order valence-corrected chi connectivity index (χ0v) is 31.7. The van der Waals surface area contributed by atoms with Crippen molar-refractivity contribution in [3.63, 3.8) is 0 Å². The van der Waals surface area contributed by atoms with Crippen LogP contribution < -0.4 is 15.6 Å². The van der Waals surface area contributed by atoms with Crippen molar-refractivity contribution in [2.24, 2.45) is 0 Å². The van der Waals surface area contributed by atoms with Crippen LogP contribution in [0.3, 0.4) is 0 Å². The van der Waals surface area contributed by atoms with Crippen LogP contribution in [0.4, 0.5) is 0 Å². The van der Waals surface area contributed by atoms with Gasteiger partial charge in [-0.15, -0.1) is 0 Å². The van der Waals surface area contributed by atoms with E-state index in [1.807, 2.05) is 18.2 Å². The number of piperidine rings is 2. The first kappa shape index (κ1) is 34.3. The van der Waals surface area contributed by atoms with E-state index in [4.69, 9.17) is 21.3 Å². The molecule has 1 aromatic heterocycles. The monoisotopic (exact) mass is 745 g/mol. The van der Waals surface area contributed by atoms with E-state index >= 15 is 0 Å². The molecule has 6 heterocycles. The van der Waals surface area contributed by atoms with Crippen molar-refractivity contribution < 1.29 is 14.3 Å². The molecule has 6 aliphatic rings. The van der Waals surface area contributed by atoms with Gasteiger partial charge in [-0.1, -0.05) is 55.1 Å². The Bertz CT molecular complexity index is 2240. The van der Waals surface area contributed by atoms with Crippen molar-refractivity contribution in [3.8, 4) is 11.4 Å². The first-order valence-electron chi connectivity index (χ1n) is 20.3. The predicted octanol–water partition coefficient (Wildman–Crippen LogP) is 7.15. The number of nitrogens with zero attached hydrogens (tertiary/aromatic N) is 4. The minimum absolute atomic E-state index is 0.0177. The third-order valence-electron chi connectivity index (χ3n) is 14.0. The van der Waals surface area contributed by atoms with Crippen LogP contribution in [0.5, 0.6) is 5.75 Å². The number of aromatic nitrogens is 2. The molecular formula is C44H48ClN5O4. The smallest absolute Gasteiger partial charge is 0.282 e. The highest BCUT2D eigenvalue weighted by atomic mass is 35.5. The fourth-order valence-corrected chi connectivity index (χ4v) is 11.2. The number of hydrogen-bond donors (Lipinski definition) is 1. The summed E-state index contributed by atoms with van der Waals surface area (Å²) in [7, 11) is 0. The highest BCUT2D eigenvalue weighted by molar-refractivity contribution is 6.35. The third-order valence-corrected chi connectivity index (χ3v) is 14.3. The highest BCUT2D eigenvalue weighted by Gasteiger charge is 2.48. The van der Waals surface area contributed by atoms with E-state index in [0.717, 1.165) is 125 Å². The van der Waals surface area contributed by atoms with Crippen molar-refractivity contribution >= 4 is 34.3 Å². The summed E-state index contributed by atoms with van der Waals surface area (Å²) in [6.45, 7) is 5.86. The number of carbonyl (C=O) groups is 2. The second-order valence-corrected chi connectivity index (χ2v) is 17.2. The van der Waals surface area contributed by atoms with Crippen LogP contribution in [0.1, 0.15) is 121 Å². The average molecular weight is 746 g/mol. The molecule has 2 spiro atoms. The summed E-state index contributed by atoms with van der Waals surface area (Å²) in [6.07, 6.45) is 12.2. The lowest BCUT2D eigenvalue weighted by atomic mass is 9.69. The standard InChI is InChI=1S/C44H48ClN5O4/c45-34-7-6-8-35-38(34)41(53)47-42-44(16-3-1-4-17-44)32-12-10-29(25-36(32)50(35)42)28-14-21-48(22-15-28)20-5-2-9-37(51)49-23-18-43(19-24-49)27-54-39-31-26-46-40(52)30(31)11-13-33(39)43/h6-8,10-13,25,28H,1-5,9,14-24,26-27H2,(H,46,52). The Morgan fingerprint density at radius 2 is 1.72 bits per heavy atom. The molecule has 5 aliphatic heterocycles. The van der Waals surface area contributed by atoms with Crippen molar-refractivity contribution in [3.05, 3.63) is 97.5 Å². The third kappa shape index (κ3) is 5.35. The largest absolute Gasteiger partial charge is 0.492 e. The number of nitrogens with one attached hydrogen (secondary N) is 1. The first-order valence-corrected chi connectivity index (χ1v) is 20.7. The molecule has 1 N–H and O–H groups in total. The molecule has 10 rings (SSSR count). The number of benzene rings is 3. The van der Waals surface area contributed by atoms with E-state index in [9.17, 15) is 14.4 Å². The van der Waals surface area contributed by atoms with Crippen molar-refractivity contribution in [1.82, 2.24) is 24.7 Å². The molecule has 2 amide bonds. The van der Waals surface area contributed by atoms with Gasteiger partial charge in [-0.3, -0.25) is 19.0 Å². The van der Waals surface area contributed by atoms with Crippen LogP contribution in [0.15, 0.2) is 53.3 Å².